The topological polar surface area (TPSA) is 67.8 Å². The first-order valence-electron chi connectivity index (χ1n) is 6.45. The van der Waals surface area contributed by atoms with E-state index in [0.29, 0.717) is 15.8 Å². The van der Waals surface area contributed by atoms with Gasteiger partial charge in [0.25, 0.3) is 0 Å². The second kappa shape index (κ2) is 6.18. The van der Waals surface area contributed by atoms with Crippen molar-refractivity contribution in [3.63, 3.8) is 0 Å². The zero-order valence-corrected chi connectivity index (χ0v) is 13.7. The molecule has 4 nitrogen and oxygen atoms in total. The Bertz CT molecular complexity index is 712. The Hall–Kier alpha value is -2.01. The van der Waals surface area contributed by atoms with Crippen LogP contribution in [0.4, 0.5) is 0 Å². The minimum absolute atomic E-state index is 0.0519. The summed E-state index contributed by atoms with van der Waals surface area (Å²) in [7, 11) is 0. The van der Waals surface area contributed by atoms with Gasteiger partial charge in [0.15, 0.2) is 5.84 Å². The molecule has 3 N–H and O–H groups in total. The fourth-order valence-corrected chi connectivity index (χ4v) is 2.62. The van der Waals surface area contributed by atoms with Crippen LogP contribution in [0.1, 0.15) is 22.3 Å². The minimum Gasteiger partial charge on any atom is -0.457 e. The summed E-state index contributed by atoms with van der Waals surface area (Å²) in [4.78, 5) is 0. The largest absolute Gasteiger partial charge is 0.457 e. The van der Waals surface area contributed by atoms with Crippen LogP contribution in [0.5, 0.6) is 11.5 Å². The molecular formula is C16H17BrN2O2. The van der Waals surface area contributed by atoms with Gasteiger partial charge < -0.3 is 15.7 Å². The molecule has 0 amide bonds. The quantitative estimate of drug-likeness (QED) is 0.377. The van der Waals surface area contributed by atoms with Crippen LogP contribution < -0.4 is 10.5 Å². The number of aryl methyl sites for hydroxylation is 2. The molecule has 21 heavy (non-hydrogen) atoms. The minimum atomic E-state index is 0.0519. The summed E-state index contributed by atoms with van der Waals surface area (Å²) in [6.45, 7) is 6.13. The summed E-state index contributed by atoms with van der Waals surface area (Å²) >= 11 is 3.40. The molecule has 0 heterocycles. The second-order valence-corrected chi connectivity index (χ2v) is 5.79. The number of benzene rings is 2. The number of rotatable bonds is 3. The Balaban J connectivity index is 2.35. The zero-order chi connectivity index (χ0) is 15.6. The molecule has 0 aliphatic rings. The Morgan fingerprint density at radius 2 is 1.90 bits per heavy atom. The molecule has 0 saturated heterocycles. The van der Waals surface area contributed by atoms with Crippen molar-refractivity contribution in [3.8, 4) is 11.5 Å². The van der Waals surface area contributed by atoms with E-state index in [1.54, 1.807) is 18.2 Å². The number of nitrogens with two attached hydrogens (primary N) is 1. The molecular weight excluding hydrogens is 332 g/mol. The molecule has 0 atom stereocenters. The SMILES string of the molecule is Cc1cc(C)c(C)c(Oc2ccc(/C(N)=N/O)c(Br)c2)c1. The lowest BCUT2D eigenvalue weighted by Gasteiger charge is -2.13. The second-order valence-electron chi connectivity index (χ2n) is 4.93. The van der Waals surface area contributed by atoms with Gasteiger partial charge in [-0.25, -0.2) is 0 Å². The predicted octanol–water partition coefficient (Wildman–Crippen LogP) is 4.26. The Morgan fingerprint density at radius 1 is 1.19 bits per heavy atom. The van der Waals surface area contributed by atoms with Gasteiger partial charge in [-0.05, 0) is 77.7 Å². The third-order valence-corrected chi connectivity index (χ3v) is 3.97. The van der Waals surface area contributed by atoms with Crippen LogP contribution in [0.2, 0.25) is 0 Å². The number of oxime groups is 1. The van der Waals surface area contributed by atoms with Gasteiger partial charge in [-0.3, -0.25) is 0 Å². The van der Waals surface area contributed by atoms with E-state index in [-0.39, 0.29) is 5.84 Å². The summed E-state index contributed by atoms with van der Waals surface area (Å²) in [6.07, 6.45) is 0. The molecule has 0 aliphatic carbocycles. The van der Waals surface area contributed by atoms with Gasteiger partial charge >= 0.3 is 0 Å². The van der Waals surface area contributed by atoms with Crippen LogP contribution in [0.15, 0.2) is 40.0 Å². The van der Waals surface area contributed by atoms with Crippen molar-refractivity contribution in [1.29, 1.82) is 0 Å². The summed E-state index contributed by atoms with van der Waals surface area (Å²) in [5.41, 5.74) is 9.66. The van der Waals surface area contributed by atoms with Crippen LogP contribution >= 0.6 is 15.9 Å². The molecule has 0 aromatic heterocycles. The van der Waals surface area contributed by atoms with E-state index in [4.69, 9.17) is 15.7 Å². The maximum absolute atomic E-state index is 8.73. The van der Waals surface area contributed by atoms with Crippen molar-refractivity contribution in [1.82, 2.24) is 0 Å². The molecule has 2 rings (SSSR count). The molecule has 0 aliphatic heterocycles. The van der Waals surface area contributed by atoms with Crippen LogP contribution in [-0.2, 0) is 0 Å². The zero-order valence-electron chi connectivity index (χ0n) is 12.1. The normalized spacial score (nSPS) is 11.5. The number of hydrogen-bond acceptors (Lipinski definition) is 3. The van der Waals surface area contributed by atoms with E-state index < -0.39 is 0 Å². The number of amidine groups is 1. The summed E-state index contributed by atoms with van der Waals surface area (Å²) in [5, 5.41) is 11.7. The summed E-state index contributed by atoms with van der Waals surface area (Å²) in [6, 6.07) is 9.46. The highest BCUT2D eigenvalue weighted by atomic mass is 79.9. The van der Waals surface area contributed by atoms with Gasteiger partial charge in [0.2, 0.25) is 0 Å². The van der Waals surface area contributed by atoms with Crippen molar-refractivity contribution >= 4 is 21.8 Å². The monoisotopic (exact) mass is 348 g/mol. The molecule has 0 fully saturated rings. The van der Waals surface area contributed by atoms with Crippen molar-refractivity contribution < 1.29 is 9.94 Å². The standard InChI is InChI=1S/C16H17BrN2O2/c1-9-6-10(2)11(3)15(7-9)21-12-4-5-13(14(17)8-12)16(18)19-20/h4-8,20H,1-3H3,(H2,18,19). The van der Waals surface area contributed by atoms with Gasteiger partial charge in [-0.15, -0.1) is 0 Å². The van der Waals surface area contributed by atoms with Crippen LogP contribution in [0, 0.1) is 20.8 Å². The summed E-state index contributed by atoms with van der Waals surface area (Å²) in [5.74, 6) is 1.57. The van der Waals surface area contributed by atoms with Crippen molar-refractivity contribution in [3.05, 3.63) is 57.1 Å². The highest BCUT2D eigenvalue weighted by Gasteiger charge is 2.09. The Labute approximate surface area is 132 Å². The maximum atomic E-state index is 8.73. The number of ether oxygens (including phenoxy) is 1. The van der Waals surface area contributed by atoms with Gasteiger partial charge in [0, 0.05) is 10.0 Å². The lowest BCUT2D eigenvalue weighted by molar-refractivity contribution is 0.318. The van der Waals surface area contributed by atoms with Gasteiger partial charge in [-0.2, -0.15) is 0 Å². The molecule has 5 heteroatoms. The van der Waals surface area contributed by atoms with Crippen LogP contribution in [0.3, 0.4) is 0 Å². The highest BCUT2D eigenvalue weighted by Crippen LogP contribution is 2.31. The molecule has 2 aromatic carbocycles. The van der Waals surface area contributed by atoms with Gasteiger partial charge in [-0.1, -0.05) is 11.2 Å². The molecule has 110 valence electrons. The third kappa shape index (κ3) is 3.36. The molecule has 0 bridgehead atoms. The Morgan fingerprint density at radius 3 is 2.52 bits per heavy atom. The fraction of sp³-hybridized carbons (Fsp3) is 0.188. The van der Waals surface area contributed by atoms with E-state index in [9.17, 15) is 0 Å². The highest BCUT2D eigenvalue weighted by molar-refractivity contribution is 9.10. The number of halogens is 1. The van der Waals surface area contributed by atoms with Crippen molar-refractivity contribution in [2.75, 3.05) is 0 Å². The Kier molecular flexibility index (Phi) is 4.53. The first kappa shape index (κ1) is 15.4. The van der Waals surface area contributed by atoms with E-state index in [2.05, 4.69) is 34.1 Å². The van der Waals surface area contributed by atoms with Crippen LogP contribution in [-0.4, -0.2) is 11.0 Å². The number of hydrogen-bond donors (Lipinski definition) is 2. The van der Waals surface area contributed by atoms with E-state index >= 15 is 0 Å². The van der Waals surface area contributed by atoms with E-state index in [1.807, 2.05) is 19.9 Å². The molecule has 0 spiro atoms. The van der Waals surface area contributed by atoms with Gasteiger partial charge in [0.05, 0.1) is 0 Å². The van der Waals surface area contributed by atoms with E-state index in [1.165, 1.54) is 5.56 Å². The predicted molar refractivity (Wildman–Crippen MR) is 87.4 cm³/mol. The average molecular weight is 349 g/mol. The fourth-order valence-electron chi connectivity index (χ4n) is 2.05. The average Bonchev–Trinajstić information content (AvgIpc) is 2.43. The van der Waals surface area contributed by atoms with Crippen molar-refractivity contribution in [2.24, 2.45) is 10.9 Å². The number of nitrogens with zero attached hydrogens (tertiary/aromatic N) is 1. The smallest absolute Gasteiger partial charge is 0.171 e. The lowest BCUT2D eigenvalue weighted by atomic mass is 10.1. The molecule has 2 aromatic rings. The lowest BCUT2D eigenvalue weighted by Crippen LogP contribution is -2.13. The molecule has 0 unspecified atom stereocenters. The molecule has 0 saturated carbocycles. The van der Waals surface area contributed by atoms with Crippen molar-refractivity contribution in [2.45, 2.75) is 20.8 Å². The molecule has 0 radical (unpaired) electrons. The third-order valence-electron chi connectivity index (χ3n) is 3.32. The van der Waals surface area contributed by atoms with Crippen LogP contribution in [0.25, 0.3) is 0 Å². The van der Waals surface area contributed by atoms with Gasteiger partial charge in [0.1, 0.15) is 11.5 Å². The first-order chi connectivity index (χ1) is 9.92. The maximum Gasteiger partial charge on any atom is 0.171 e. The summed E-state index contributed by atoms with van der Waals surface area (Å²) < 4.78 is 6.65. The van der Waals surface area contributed by atoms with E-state index in [0.717, 1.165) is 16.9 Å². The first-order valence-corrected chi connectivity index (χ1v) is 7.25.